The zero-order valence-corrected chi connectivity index (χ0v) is 24.1. The van der Waals surface area contributed by atoms with Gasteiger partial charge in [0.05, 0.1) is 42.7 Å². The Kier molecular flexibility index (Phi) is 8.30. The van der Waals surface area contributed by atoms with E-state index in [0.29, 0.717) is 49.4 Å². The molecule has 2 fully saturated rings. The lowest BCUT2D eigenvalue weighted by atomic mass is 10.0. The molecule has 4 aliphatic heterocycles. The zero-order chi connectivity index (χ0) is 29.4. The number of hydrazone groups is 1. The molecule has 4 heterocycles. The summed E-state index contributed by atoms with van der Waals surface area (Å²) in [6.07, 6.45) is -1.62. The van der Waals surface area contributed by atoms with Crippen LogP contribution in [-0.4, -0.2) is 123 Å². The lowest BCUT2D eigenvalue weighted by molar-refractivity contribution is -0.138. The molecule has 0 saturated carbocycles. The number of hydrogen-bond acceptors (Lipinski definition) is 10. The second-order valence-corrected chi connectivity index (χ2v) is 13.0. The highest BCUT2D eigenvalue weighted by atomic mass is 32.2. The van der Waals surface area contributed by atoms with Crippen molar-refractivity contribution in [3.05, 3.63) is 41.1 Å². The normalized spacial score (nSPS) is 25.1. The van der Waals surface area contributed by atoms with Crippen LogP contribution in [0.4, 0.5) is 18.9 Å². The number of fused-ring (bicyclic) bond motifs is 1. The monoisotopic (exact) mass is 596 g/mol. The molecule has 1 aromatic carbocycles. The number of morpholine rings is 1. The fourth-order valence-corrected chi connectivity index (χ4v) is 6.41. The van der Waals surface area contributed by atoms with Crippen LogP contribution in [0.1, 0.15) is 18.1 Å². The summed E-state index contributed by atoms with van der Waals surface area (Å²) in [7, 11) is 0.545. The Bertz CT molecular complexity index is 1360. The summed E-state index contributed by atoms with van der Waals surface area (Å²) in [6, 6.07) is 3.70. The fourth-order valence-electron chi connectivity index (χ4n) is 5.13. The number of nitrogens with zero attached hydrogens (tertiary/aromatic N) is 7. The van der Waals surface area contributed by atoms with Crippen molar-refractivity contribution in [3.8, 4) is 0 Å². The van der Waals surface area contributed by atoms with Gasteiger partial charge in [-0.15, -0.1) is 0 Å². The van der Waals surface area contributed by atoms with Crippen molar-refractivity contribution in [2.24, 2.45) is 15.1 Å². The number of amidine groups is 2. The molecule has 41 heavy (non-hydrogen) atoms. The predicted molar refractivity (Wildman–Crippen MR) is 152 cm³/mol. The molecule has 1 N–H and O–H groups in total. The van der Waals surface area contributed by atoms with Gasteiger partial charge in [0.2, 0.25) is 0 Å². The van der Waals surface area contributed by atoms with E-state index < -0.39 is 27.7 Å². The molecule has 5 rings (SSSR count). The molecule has 11 nitrogen and oxygen atoms in total. The third kappa shape index (κ3) is 6.67. The molecule has 15 heteroatoms. The van der Waals surface area contributed by atoms with Gasteiger partial charge in [0.1, 0.15) is 11.9 Å². The first-order chi connectivity index (χ1) is 19.4. The van der Waals surface area contributed by atoms with Gasteiger partial charge in [0.25, 0.3) is 0 Å². The van der Waals surface area contributed by atoms with Crippen LogP contribution in [-0.2, 0) is 27.3 Å². The standard InChI is InChI=1S/C26H35F3N8O3S/c1-18-24(37-25(31-18)22(30-17-34(2)3)15-23(33-37)36-7-11-40-12-8-36)32-21-6-4-5-20(26(27,28)29)19(21)16-35-9-13-41(38,39)14-10-35/h4-6,15,17-18,24,32H,7-14,16H2,1-3H3/b30-17+. The summed E-state index contributed by atoms with van der Waals surface area (Å²) in [5.74, 6) is 1.06. The first-order valence-electron chi connectivity index (χ1n) is 13.5. The molecule has 0 aliphatic carbocycles. The molecule has 1 aromatic rings. The molecule has 0 spiro atoms. The van der Waals surface area contributed by atoms with Crippen molar-refractivity contribution in [1.29, 1.82) is 0 Å². The van der Waals surface area contributed by atoms with Crippen molar-refractivity contribution < 1.29 is 26.3 Å². The second-order valence-electron chi connectivity index (χ2n) is 10.7. The van der Waals surface area contributed by atoms with Gasteiger partial charge < -0.3 is 19.9 Å². The van der Waals surface area contributed by atoms with Crippen molar-refractivity contribution in [2.75, 3.05) is 70.3 Å². The van der Waals surface area contributed by atoms with Crippen LogP contribution in [0.2, 0.25) is 0 Å². The molecule has 0 radical (unpaired) electrons. The summed E-state index contributed by atoms with van der Waals surface area (Å²) < 4.78 is 71.9. The van der Waals surface area contributed by atoms with Gasteiger partial charge in [-0.2, -0.15) is 18.3 Å². The number of halogens is 3. The minimum atomic E-state index is -4.58. The third-order valence-electron chi connectivity index (χ3n) is 7.33. The van der Waals surface area contributed by atoms with E-state index in [0.717, 1.165) is 6.07 Å². The topological polar surface area (TPSA) is 105 Å². The Labute approximate surface area is 237 Å². The van der Waals surface area contributed by atoms with Gasteiger partial charge in [0, 0.05) is 64.1 Å². The molecule has 2 saturated heterocycles. The van der Waals surface area contributed by atoms with Crippen molar-refractivity contribution in [1.82, 2.24) is 19.7 Å². The quantitative estimate of drug-likeness (QED) is 0.393. The van der Waals surface area contributed by atoms with Gasteiger partial charge in [0.15, 0.2) is 21.5 Å². The number of nitrogens with one attached hydrogen (secondary N) is 1. The molecule has 0 bridgehead atoms. The molecule has 2 atom stereocenters. The molecular formula is C26H35F3N8O3S. The molecule has 2 unspecified atom stereocenters. The van der Waals surface area contributed by atoms with Gasteiger partial charge >= 0.3 is 6.18 Å². The first kappa shape index (κ1) is 29.3. The van der Waals surface area contributed by atoms with Crippen molar-refractivity contribution >= 4 is 33.5 Å². The predicted octanol–water partition coefficient (Wildman–Crippen LogP) is 1.91. The molecular weight excluding hydrogens is 561 g/mol. The van der Waals surface area contributed by atoms with Crippen LogP contribution in [0.3, 0.4) is 0 Å². The zero-order valence-electron chi connectivity index (χ0n) is 23.3. The maximum atomic E-state index is 14.2. The molecule has 0 amide bonds. The number of rotatable bonds is 6. The maximum Gasteiger partial charge on any atom is 0.416 e. The molecule has 0 aromatic heterocycles. The van der Waals surface area contributed by atoms with Gasteiger partial charge in [-0.1, -0.05) is 6.07 Å². The summed E-state index contributed by atoms with van der Waals surface area (Å²) >= 11 is 0. The highest BCUT2D eigenvalue weighted by Gasteiger charge is 2.40. The highest BCUT2D eigenvalue weighted by molar-refractivity contribution is 7.91. The third-order valence-corrected chi connectivity index (χ3v) is 8.94. The van der Waals surface area contributed by atoms with Crippen LogP contribution in [0, 0.1) is 0 Å². The number of aliphatic imine (C=N–C) groups is 2. The Balaban J connectivity index is 1.47. The van der Waals surface area contributed by atoms with E-state index in [1.165, 1.54) is 6.07 Å². The summed E-state index contributed by atoms with van der Waals surface area (Å²) in [5, 5.41) is 9.89. The smallest absolute Gasteiger partial charge is 0.378 e. The number of alkyl halides is 3. The van der Waals surface area contributed by atoms with Crippen LogP contribution in [0.15, 0.2) is 45.1 Å². The molecule has 224 valence electrons. The van der Waals surface area contributed by atoms with Crippen LogP contribution < -0.4 is 5.32 Å². The number of anilines is 1. The van der Waals surface area contributed by atoms with E-state index in [2.05, 4.69) is 15.2 Å². The fraction of sp³-hybridized carbons (Fsp3) is 0.577. The van der Waals surface area contributed by atoms with E-state index in [9.17, 15) is 21.6 Å². The minimum Gasteiger partial charge on any atom is -0.378 e. The van der Waals surface area contributed by atoms with Crippen molar-refractivity contribution in [2.45, 2.75) is 31.9 Å². The summed E-state index contributed by atoms with van der Waals surface area (Å²) in [5.41, 5.74) is 0.216. The van der Waals surface area contributed by atoms with Gasteiger partial charge in [-0.05, 0) is 19.1 Å². The molecule has 4 aliphatic rings. The Morgan fingerprint density at radius 2 is 1.88 bits per heavy atom. The van der Waals surface area contributed by atoms with Gasteiger partial charge in [-0.25, -0.2) is 18.4 Å². The number of sulfone groups is 1. The van der Waals surface area contributed by atoms with E-state index >= 15 is 0 Å². The lowest BCUT2D eigenvalue weighted by Crippen LogP contribution is -2.47. The van der Waals surface area contributed by atoms with E-state index in [1.54, 1.807) is 27.2 Å². The number of benzene rings is 1. The Morgan fingerprint density at radius 1 is 1.17 bits per heavy atom. The summed E-state index contributed by atoms with van der Waals surface area (Å²) in [6.45, 7) is 4.62. The highest BCUT2D eigenvalue weighted by Crippen LogP contribution is 2.37. The van der Waals surface area contributed by atoms with E-state index in [-0.39, 0.29) is 42.7 Å². The lowest BCUT2D eigenvalue weighted by Gasteiger charge is -2.35. The average Bonchev–Trinajstić information content (AvgIpc) is 3.23. The largest absolute Gasteiger partial charge is 0.416 e. The van der Waals surface area contributed by atoms with E-state index in [4.69, 9.17) is 14.8 Å². The van der Waals surface area contributed by atoms with Gasteiger partial charge in [-0.3, -0.25) is 9.89 Å². The minimum absolute atomic E-state index is 0.0388. The number of ether oxygens (including phenoxy) is 1. The van der Waals surface area contributed by atoms with Crippen LogP contribution in [0.25, 0.3) is 0 Å². The number of hydrogen-bond donors (Lipinski definition) is 1. The van der Waals surface area contributed by atoms with Crippen LogP contribution >= 0.6 is 0 Å². The summed E-state index contributed by atoms with van der Waals surface area (Å²) in [4.78, 5) is 15.1. The Hall–Kier alpha value is -3.17. The SMILES string of the molecule is CC1N=C2C(/N=C/N(C)C)=CC(N3CCOCC3)=NN2C1Nc1cccc(C(F)(F)F)c1CN1CCS(=O)(=O)CC1. The first-order valence-corrected chi connectivity index (χ1v) is 15.3. The average molecular weight is 597 g/mol. The Morgan fingerprint density at radius 3 is 2.54 bits per heavy atom. The van der Waals surface area contributed by atoms with E-state index in [1.807, 2.05) is 27.1 Å². The second kappa shape index (κ2) is 11.6. The van der Waals surface area contributed by atoms with Crippen LogP contribution in [0.5, 0.6) is 0 Å². The maximum absolute atomic E-state index is 14.2. The van der Waals surface area contributed by atoms with Crippen molar-refractivity contribution in [3.63, 3.8) is 0 Å².